The van der Waals surface area contributed by atoms with Gasteiger partial charge in [-0.15, -0.1) is 12.4 Å². The fourth-order valence-corrected chi connectivity index (χ4v) is 3.62. The average molecular weight is 421 g/mol. The third-order valence-electron chi connectivity index (χ3n) is 5.03. The van der Waals surface area contributed by atoms with Crippen LogP contribution in [0.1, 0.15) is 36.2 Å². The second-order valence-electron chi connectivity index (χ2n) is 6.79. The molecule has 1 aliphatic rings. The van der Waals surface area contributed by atoms with Crippen molar-refractivity contribution in [2.24, 2.45) is 0 Å². The smallest absolute Gasteiger partial charge is 0.252 e. The van der Waals surface area contributed by atoms with Crippen LogP contribution in [0.15, 0.2) is 48.5 Å². The Morgan fingerprint density at radius 3 is 2.48 bits per heavy atom. The summed E-state index contributed by atoms with van der Waals surface area (Å²) in [6.07, 6.45) is -0.138. The maximum Gasteiger partial charge on any atom is 0.252 e. The summed E-state index contributed by atoms with van der Waals surface area (Å²) in [4.78, 5) is 13.1. The fraction of sp³-hybridized carbons (Fsp3) is 0.409. The van der Waals surface area contributed by atoms with Gasteiger partial charge in [0.05, 0.1) is 24.9 Å². The summed E-state index contributed by atoms with van der Waals surface area (Å²) in [6, 6.07) is 14.8. The minimum absolute atomic E-state index is 0. The number of carbonyl (C=O) groups is 1. The van der Waals surface area contributed by atoms with Crippen molar-refractivity contribution in [1.29, 1.82) is 0 Å². The summed E-state index contributed by atoms with van der Waals surface area (Å²) in [5.41, 5.74) is 0.523. The lowest BCUT2D eigenvalue weighted by Gasteiger charge is -2.43. The zero-order chi connectivity index (χ0) is 20.0. The second kappa shape index (κ2) is 10.5. The Bertz CT molecular complexity index is 803. The molecule has 2 aromatic rings. The van der Waals surface area contributed by atoms with Gasteiger partial charge in [-0.05, 0) is 50.6 Å². The van der Waals surface area contributed by atoms with Crippen LogP contribution < -0.4 is 20.1 Å². The molecule has 0 aromatic heterocycles. The van der Waals surface area contributed by atoms with Crippen LogP contribution in [0.2, 0.25) is 0 Å². The van der Waals surface area contributed by atoms with E-state index in [2.05, 4.69) is 10.6 Å². The lowest BCUT2D eigenvalue weighted by molar-refractivity contribution is 0.0289. The van der Waals surface area contributed by atoms with Crippen molar-refractivity contribution in [2.45, 2.75) is 31.9 Å². The number of hydrogen-bond donors (Lipinski definition) is 3. The van der Waals surface area contributed by atoms with Gasteiger partial charge in [-0.1, -0.05) is 30.3 Å². The number of piperidine rings is 1. The van der Waals surface area contributed by atoms with Crippen molar-refractivity contribution in [1.82, 2.24) is 10.6 Å². The minimum atomic E-state index is -0.839. The van der Waals surface area contributed by atoms with Crippen LogP contribution in [0.5, 0.6) is 11.5 Å². The molecular weight excluding hydrogens is 392 g/mol. The Kier molecular flexibility index (Phi) is 8.32. The molecule has 3 N–H and O–H groups in total. The molecule has 6 nitrogen and oxygen atoms in total. The normalized spacial score (nSPS) is 21.0. The first kappa shape index (κ1) is 23.0. The van der Waals surface area contributed by atoms with Gasteiger partial charge < -0.3 is 25.2 Å². The molecule has 0 radical (unpaired) electrons. The standard InChI is InChI=1S/C22H28N2O4.ClH/c1-3-27-18-11-10-16(14-19(18)28-4-2)21(26)24-22(12-13-23-15-20(22)25)17-8-6-5-7-9-17;/h5-11,14,20,23,25H,3-4,12-13,15H2,1-2H3,(H,24,26);1H/t20-,22-;/m1./s1. The van der Waals surface area contributed by atoms with Crippen LogP contribution in [0.25, 0.3) is 0 Å². The summed E-state index contributed by atoms with van der Waals surface area (Å²) >= 11 is 0. The van der Waals surface area contributed by atoms with Crippen LogP contribution in [0.3, 0.4) is 0 Å². The molecule has 1 fully saturated rings. The second-order valence-corrected chi connectivity index (χ2v) is 6.79. The number of carbonyl (C=O) groups excluding carboxylic acids is 1. The van der Waals surface area contributed by atoms with E-state index in [1.54, 1.807) is 18.2 Å². The summed E-state index contributed by atoms with van der Waals surface area (Å²) in [5, 5.41) is 17.1. The zero-order valence-corrected chi connectivity index (χ0v) is 17.6. The molecule has 1 amide bonds. The highest BCUT2D eigenvalue weighted by molar-refractivity contribution is 5.95. The monoisotopic (exact) mass is 420 g/mol. The molecule has 1 heterocycles. The topological polar surface area (TPSA) is 79.8 Å². The number of aliphatic hydroxyl groups excluding tert-OH is 1. The Balaban J connectivity index is 0.00000300. The highest BCUT2D eigenvalue weighted by Crippen LogP contribution is 2.33. The Morgan fingerprint density at radius 1 is 1.14 bits per heavy atom. The zero-order valence-electron chi connectivity index (χ0n) is 16.8. The van der Waals surface area contributed by atoms with Gasteiger partial charge in [-0.2, -0.15) is 0 Å². The van der Waals surface area contributed by atoms with Crippen molar-refractivity contribution in [3.63, 3.8) is 0 Å². The molecule has 0 spiro atoms. The van der Waals surface area contributed by atoms with Gasteiger partial charge in [0.15, 0.2) is 11.5 Å². The van der Waals surface area contributed by atoms with Crippen LogP contribution in [-0.2, 0) is 5.54 Å². The van der Waals surface area contributed by atoms with Gasteiger partial charge in [0.1, 0.15) is 0 Å². The predicted octanol–water partition coefficient (Wildman–Crippen LogP) is 2.89. The van der Waals surface area contributed by atoms with Gasteiger partial charge in [-0.25, -0.2) is 0 Å². The number of nitrogens with one attached hydrogen (secondary N) is 2. The molecular formula is C22H29ClN2O4. The number of halogens is 1. The van der Waals surface area contributed by atoms with Crippen LogP contribution >= 0.6 is 12.4 Å². The van der Waals surface area contributed by atoms with Gasteiger partial charge >= 0.3 is 0 Å². The van der Waals surface area contributed by atoms with Crippen molar-refractivity contribution in [3.05, 3.63) is 59.7 Å². The Morgan fingerprint density at radius 2 is 1.83 bits per heavy atom. The molecule has 2 atom stereocenters. The third kappa shape index (κ3) is 5.01. The van der Waals surface area contributed by atoms with Gasteiger partial charge in [-0.3, -0.25) is 4.79 Å². The largest absolute Gasteiger partial charge is 0.490 e. The van der Waals surface area contributed by atoms with Crippen molar-refractivity contribution < 1.29 is 19.4 Å². The number of hydrogen-bond acceptors (Lipinski definition) is 5. The first-order valence-corrected chi connectivity index (χ1v) is 9.77. The molecule has 0 bridgehead atoms. The quantitative estimate of drug-likeness (QED) is 0.641. The van der Waals surface area contributed by atoms with E-state index in [4.69, 9.17) is 9.47 Å². The number of amides is 1. The summed E-state index contributed by atoms with van der Waals surface area (Å²) in [6.45, 7) is 5.91. The molecule has 0 saturated carbocycles. The molecule has 3 rings (SSSR count). The molecule has 1 saturated heterocycles. The SMILES string of the molecule is CCOc1ccc(C(=O)N[C@@]2(c3ccccc3)CCNC[C@H]2O)cc1OCC.Cl. The highest BCUT2D eigenvalue weighted by atomic mass is 35.5. The predicted molar refractivity (Wildman–Crippen MR) is 115 cm³/mol. The molecule has 7 heteroatoms. The van der Waals surface area contributed by atoms with Crippen molar-refractivity contribution in [2.75, 3.05) is 26.3 Å². The number of rotatable bonds is 7. The summed E-state index contributed by atoms with van der Waals surface area (Å²) in [7, 11) is 0. The van der Waals surface area contributed by atoms with Crippen molar-refractivity contribution in [3.8, 4) is 11.5 Å². The minimum Gasteiger partial charge on any atom is -0.490 e. The van der Waals surface area contributed by atoms with Gasteiger partial charge in [0.25, 0.3) is 5.91 Å². The van der Waals surface area contributed by atoms with Crippen LogP contribution in [-0.4, -0.2) is 43.4 Å². The first-order valence-electron chi connectivity index (χ1n) is 9.77. The maximum atomic E-state index is 13.1. The average Bonchev–Trinajstić information content (AvgIpc) is 2.72. The van der Waals surface area contributed by atoms with E-state index in [1.165, 1.54) is 0 Å². The highest BCUT2D eigenvalue weighted by Gasteiger charge is 2.43. The number of ether oxygens (including phenoxy) is 2. The summed E-state index contributed by atoms with van der Waals surface area (Å²) in [5.74, 6) is 0.894. The van der Waals surface area contributed by atoms with E-state index < -0.39 is 11.6 Å². The first-order chi connectivity index (χ1) is 13.6. The molecule has 1 aliphatic heterocycles. The van der Waals surface area contributed by atoms with E-state index in [-0.39, 0.29) is 18.3 Å². The van der Waals surface area contributed by atoms with E-state index >= 15 is 0 Å². The van der Waals surface area contributed by atoms with E-state index in [0.29, 0.717) is 49.8 Å². The molecule has 29 heavy (non-hydrogen) atoms. The van der Waals surface area contributed by atoms with Gasteiger partial charge in [0.2, 0.25) is 0 Å². The number of benzene rings is 2. The fourth-order valence-electron chi connectivity index (χ4n) is 3.62. The Labute approximate surface area is 178 Å². The third-order valence-corrected chi connectivity index (χ3v) is 5.03. The molecule has 2 aromatic carbocycles. The lowest BCUT2D eigenvalue weighted by atomic mass is 9.79. The molecule has 0 aliphatic carbocycles. The van der Waals surface area contributed by atoms with E-state index in [1.807, 2.05) is 44.2 Å². The van der Waals surface area contributed by atoms with E-state index in [0.717, 1.165) is 5.56 Å². The van der Waals surface area contributed by atoms with Crippen molar-refractivity contribution >= 4 is 18.3 Å². The number of aliphatic hydroxyl groups is 1. The van der Waals surface area contributed by atoms with E-state index in [9.17, 15) is 9.90 Å². The van der Waals surface area contributed by atoms with Crippen LogP contribution in [0.4, 0.5) is 0 Å². The Hall–Kier alpha value is -2.28. The summed E-state index contributed by atoms with van der Waals surface area (Å²) < 4.78 is 11.2. The van der Waals surface area contributed by atoms with Gasteiger partial charge in [0, 0.05) is 12.1 Å². The number of β-amino-alcohol motifs (C(OH)–C–C–N with tert-alkyl or cyclic N) is 1. The maximum absolute atomic E-state index is 13.1. The molecule has 0 unspecified atom stereocenters. The lowest BCUT2D eigenvalue weighted by Crippen LogP contribution is -2.61. The van der Waals surface area contributed by atoms with Crippen LogP contribution in [0, 0.1) is 0 Å². The molecule has 158 valence electrons.